The minimum atomic E-state index is -0.636. The van der Waals surface area contributed by atoms with Crippen molar-refractivity contribution in [2.75, 3.05) is 6.54 Å². The van der Waals surface area contributed by atoms with E-state index < -0.39 is 6.10 Å². The van der Waals surface area contributed by atoms with Crippen LogP contribution in [0.1, 0.15) is 11.7 Å². The number of nitrogens with two attached hydrogens (primary N) is 1. The van der Waals surface area contributed by atoms with Crippen molar-refractivity contribution in [3.05, 3.63) is 36.2 Å². The molecule has 0 saturated heterocycles. The average Bonchev–Trinajstić information content (AvgIpc) is 2.27. The summed E-state index contributed by atoms with van der Waals surface area (Å²) in [4.78, 5) is 0. The van der Waals surface area contributed by atoms with E-state index in [0.29, 0.717) is 0 Å². The van der Waals surface area contributed by atoms with Crippen LogP contribution in [-0.2, 0) is 0 Å². The minimum absolute atomic E-state index is 0.210. The highest BCUT2D eigenvalue weighted by atomic mass is 16.3. The van der Waals surface area contributed by atoms with Gasteiger partial charge in [0.05, 0.1) is 18.5 Å². The Labute approximate surface area is 81.4 Å². The van der Waals surface area contributed by atoms with E-state index in [2.05, 4.69) is 10.2 Å². The maximum atomic E-state index is 9.65. The molecule has 72 valence electrons. The second kappa shape index (κ2) is 3.69. The van der Waals surface area contributed by atoms with Crippen molar-refractivity contribution in [1.29, 1.82) is 0 Å². The molecule has 1 unspecified atom stereocenters. The Morgan fingerprint density at radius 2 is 2.07 bits per heavy atom. The van der Waals surface area contributed by atoms with E-state index in [1.807, 2.05) is 18.2 Å². The summed E-state index contributed by atoms with van der Waals surface area (Å²) < 4.78 is 0. The number of aliphatic hydroxyl groups excluding tert-OH is 1. The van der Waals surface area contributed by atoms with Crippen molar-refractivity contribution < 1.29 is 5.11 Å². The molecule has 4 heteroatoms. The largest absolute Gasteiger partial charge is 0.387 e. The molecule has 3 N–H and O–H groups in total. The molecular weight excluding hydrogens is 178 g/mol. The average molecular weight is 189 g/mol. The number of aliphatic hydroxyl groups is 1. The summed E-state index contributed by atoms with van der Waals surface area (Å²) in [5.41, 5.74) is 6.21. The molecule has 2 rings (SSSR count). The smallest absolute Gasteiger partial charge is 0.0918 e. The molecule has 0 bridgehead atoms. The predicted octanol–water partition coefficient (Wildman–Crippen LogP) is 0.622. The van der Waals surface area contributed by atoms with Crippen LogP contribution in [0, 0.1) is 0 Å². The van der Waals surface area contributed by atoms with E-state index in [0.717, 1.165) is 16.3 Å². The monoisotopic (exact) mass is 189 g/mol. The SMILES string of the molecule is NCC(O)c1cccc2cnncc12. The fraction of sp³-hybridized carbons (Fsp3) is 0.200. The van der Waals surface area contributed by atoms with E-state index in [-0.39, 0.29) is 6.54 Å². The summed E-state index contributed by atoms with van der Waals surface area (Å²) in [6.45, 7) is 0.210. The van der Waals surface area contributed by atoms with Crippen LogP contribution in [0.2, 0.25) is 0 Å². The second-order valence-electron chi connectivity index (χ2n) is 3.09. The quantitative estimate of drug-likeness (QED) is 0.726. The number of hydrogen-bond acceptors (Lipinski definition) is 4. The standard InChI is InChI=1S/C10H11N3O/c11-4-10(14)8-3-1-2-7-5-12-13-6-9(7)8/h1-3,5-6,10,14H,4,11H2. The van der Waals surface area contributed by atoms with Crippen molar-refractivity contribution in [1.82, 2.24) is 10.2 Å². The molecule has 0 spiro atoms. The molecule has 0 aliphatic rings. The lowest BCUT2D eigenvalue weighted by Gasteiger charge is -2.10. The molecular formula is C10H11N3O. The van der Waals surface area contributed by atoms with E-state index in [4.69, 9.17) is 5.73 Å². The van der Waals surface area contributed by atoms with Crippen molar-refractivity contribution in [2.24, 2.45) is 5.73 Å². The molecule has 1 heterocycles. The molecule has 1 aromatic carbocycles. The van der Waals surface area contributed by atoms with Gasteiger partial charge in [0.15, 0.2) is 0 Å². The number of aromatic nitrogens is 2. The summed E-state index contributed by atoms with van der Waals surface area (Å²) >= 11 is 0. The fourth-order valence-corrected chi connectivity index (χ4v) is 1.47. The number of nitrogens with zero attached hydrogens (tertiary/aromatic N) is 2. The maximum Gasteiger partial charge on any atom is 0.0918 e. The fourth-order valence-electron chi connectivity index (χ4n) is 1.47. The van der Waals surface area contributed by atoms with Crippen molar-refractivity contribution in [2.45, 2.75) is 6.10 Å². The van der Waals surface area contributed by atoms with Gasteiger partial charge in [-0.3, -0.25) is 0 Å². The predicted molar refractivity (Wildman–Crippen MR) is 53.6 cm³/mol. The Morgan fingerprint density at radius 3 is 2.86 bits per heavy atom. The van der Waals surface area contributed by atoms with Gasteiger partial charge in [-0.2, -0.15) is 10.2 Å². The molecule has 0 saturated carbocycles. The number of rotatable bonds is 2. The summed E-state index contributed by atoms with van der Waals surface area (Å²) in [5.74, 6) is 0. The number of hydrogen-bond donors (Lipinski definition) is 2. The van der Waals surface area contributed by atoms with Crippen LogP contribution >= 0.6 is 0 Å². The molecule has 4 nitrogen and oxygen atoms in total. The Balaban J connectivity index is 2.65. The van der Waals surface area contributed by atoms with Gasteiger partial charge in [0, 0.05) is 17.3 Å². The highest BCUT2D eigenvalue weighted by Gasteiger charge is 2.08. The van der Waals surface area contributed by atoms with Gasteiger partial charge in [-0.1, -0.05) is 18.2 Å². The highest BCUT2D eigenvalue weighted by molar-refractivity contribution is 5.84. The maximum absolute atomic E-state index is 9.65. The van der Waals surface area contributed by atoms with E-state index in [9.17, 15) is 5.11 Å². The zero-order valence-electron chi connectivity index (χ0n) is 7.59. The molecule has 1 aromatic heterocycles. The first-order valence-corrected chi connectivity index (χ1v) is 4.40. The van der Waals surface area contributed by atoms with Gasteiger partial charge in [0.1, 0.15) is 0 Å². The molecule has 2 aromatic rings. The van der Waals surface area contributed by atoms with Crippen LogP contribution in [-0.4, -0.2) is 21.8 Å². The van der Waals surface area contributed by atoms with Crippen molar-refractivity contribution >= 4 is 10.8 Å². The first kappa shape index (κ1) is 9.05. The van der Waals surface area contributed by atoms with Crippen LogP contribution in [0.4, 0.5) is 0 Å². The molecule has 0 fully saturated rings. The van der Waals surface area contributed by atoms with E-state index >= 15 is 0 Å². The van der Waals surface area contributed by atoms with Crippen LogP contribution in [0.3, 0.4) is 0 Å². The third-order valence-corrected chi connectivity index (χ3v) is 2.21. The molecule has 0 radical (unpaired) electrons. The zero-order valence-corrected chi connectivity index (χ0v) is 7.59. The van der Waals surface area contributed by atoms with Gasteiger partial charge in [-0.15, -0.1) is 0 Å². The van der Waals surface area contributed by atoms with Crippen LogP contribution in [0.5, 0.6) is 0 Å². The first-order chi connectivity index (χ1) is 6.83. The third-order valence-electron chi connectivity index (χ3n) is 2.21. The Bertz CT molecular complexity index is 439. The Hall–Kier alpha value is -1.52. The van der Waals surface area contributed by atoms with Gasteiger partial charge in [0.2, 0.25) is 0 Å². The van der Waals surface area contributed by atoms with Crippen molar-refractivity contribution in [3.63, 3.8) is 0 Å². The highest BCUT2D eigenvalue weighted by Crippen LogP contribution is 2.21. The van der Waals surface area contributed by atoms with Crippen molar-refractivity contribution in [3.8, 4) is 0 Å². The Morgan fingerprint density at radius 1 is 1.29 bits per heavy atom. The second-order valence-corrected chi connectivity index (χ2v) is 3.09. The molecule has 0 aliphatic heterocycles. The van der Waals surface area contributed by atoms with E-state index in [1.165, 1.54) is 0 Å². The normalized spacial score (nSPS) is 13.0. The molecule has 0 amide bonds. The summed E-state index contributed by atoms with van der Waals surface area (Å²) in [6.07, 6.45) is 2.67. The van der Waals surface area contributed by atoms with Crippen LogP contribution in [0.15, 0.2) is 30.6 Å². The first-order valence-electron chi connectivity index (χ1n) is 4.40. The van der Waals surface area contributed by atoms with Crippen LogP contribution < -0.4 is 5.73 Å². The van der Waals surface area contributed by atoms with Gasteiger partial charge in [0.25, 0.3) is 0 Å². The van der Waals surface area contributed by atoms with Gasteiger partial charge >= 0.3 is 0 Å². The van der Waals surface area contributed by atoms with Gasteiger partial charge < -0.3 is 10.8 Å². The molecule has 0 aliphatic carbocycles. The lowest BCUT2D eigenvalue weighted by atomic mass is 10.0. The lowest BCUT2D eigenvalue weighted by molar-refractivity contribution is 0.188. The third kappa shape index (κ3) is 1.45. The lowest BCUT2D eigenvalue weighted by Crippen LogP contribution is -2.11. The number of fused-ring (bicyclic) bond motifs is 1. The van der Waals surface area contributed by atoms with Gasteiger partial charge in [-0.25, -0.2) is 0 Å². The number of benzene rings is 1. The topological polar surface area (TPSA) is 72.0 Å². The van der Waals surface area contributed by atoms with Crippen LogP contribution in [0.25, 0.3) is 10.8 Å². The van der Waals surface area contributed by atoms with E-state index in [1.54, 1.807) is 12.4 Å². The minimum Gasteiger partial charge on any atom is -0.387 e. The summed E-state index contributed by atoms with van der Waals surface area (Å²) in [5, 5.41) is 19.1. The zero-order chi connectivity index (χ0) is 9.97. The van der Waals surface area contributed by atoms with Gasteiger partial charge in [-0.05, 0) is 5.56 Å². The summed E-state index contributed by atoms with van der Waals surface area (Å²) in [6, 6.07) is 5.65. The molecule has 1 atom stereocenters. The Kier molecular flexibility index (Phi) is 2.39. The summed E-state index contributed by atoms with van der Waals surface area (Å²) in [7, 11) is 0. The molecule has 14 heavy (non-hydrogen) atoms.